The summed E-state index contributed by atoms with van der Waals surface area (Å²) in [5, 5.41) is 0. The second kappa shape index (κ2) is 7.98. The van der Waals surface area contributed by atoms with E-state index in [1.54, 1.807) is 0 Å². The van der Waals surface area contributed by atoms with Crippen LogP contribution in [-0.4, -0.2) is 18.0 Å². The van der Waals surface area contributed by atoms with Crippen LogP contribution in [0.25, 0.3) is 0 Å². The lowest BCUT2D eigenvalue weighted by Crippen LogP contribution is -2.29. The first-order valence-corrected chi connectivity index (χ1v) is 6.70. The van der Waals surface area contributed by atoms with Crippen molar-refractivity contribution in [1.82, 2.24) is 4.90 Å². The molecule has 19 heavy (non-hydrogen) atoms. The molecule has 102 valence electrons. The van der Waals surface area contributed by atoms with Crippen molar-refractivity contribution in [2.45, 2.75) is 19.9 Å². The van der Waals surface area contributed by atoms with Gasteiger partial charge in [-0.2, -0.15) is 0 Å². The molecule has 0 heterocycles. The van der Waals surface area contributed by atoms with Crippen LogP contribution in [0.1, 0.15) is 31.0 Å². The molecule has 0 spiro atoms. The second-order valence-corrected chi connectivity index (χ2v) is 4.45. The molecule has 0 fully saturated rings. The lowest BCUT2D eigenvalue weighted by molar-refractivity contribution is 0.250. The molecule has 0 radical (unpaired) electrons. The van der Waals surface area contributed by atoms with Gasteiger partial charge in [-0.1, -0.05) is 74.5 Å². The maximum absolute atomic E-state index is 2.49. The highest BCUT2D eigenvalue weighted by Gasteiger charge is 2.19. The van der Waals surface area contributed by atoms with Crippen LogP contribution in [0.5, 0.6) is 0 Å². The van der Waals surface area contributed by atoms with E-state index in [0.29, 0.717) is 6.04 Å². The van der Waals surface area contributed by atoms with Gasteiger partial charge >= 0.3 is 0 Å². The van der Waals surface area contributed by atoms with E-state index in [0.717, 1.165) is 13.1 Å². The molecule has 0 aromatic heterocycles. The molecule has 0 saturated carbocycles. The van der Waals surface area contributed by atoms with E-state index in [1.165, 1.54) is 11.1 Å². The first-order chi connectivity index (χ1) is 8.86. The summed E-state index contributed by atoms with van der Waals surface area (Å²) in [4.78, 5) is 2.49. The number of hydrogen-bond acceptors (Lipinski definition) is 1. The van der Waals surface area contributed by atoms with Gasteiger partial charge in [0, 0.05) is 0 Å². The van der Waals surface area contributed by atoms with Gasteiger partial charge < -0.3 is 0 Å². The number of nitrogens with zero attached hydrogens (tertiary/aromatic N) is 1. The maximum Gasteiger partial charge on any atom is 0.0601 e. The van der Waals surface area contributed by atoms with Gasteiger partial charge in [-0.25, -0.2) is 0 Å². The van der Waals surface area contributed by atoms with Crippen LogP contribution in [0.4, 0.5) is 0 Å². The molecule has 0 saturated heterocycles. The van der Waals surface area contributed by atoms with E-state index in [-0.39, 0.29) is 12.4 Å². The fourth-order valence-electron chi connectivity index (χ4n) is 2.47. The normalized spacial score (nSPS) is 10.5. The SMILES string of the molecule is CCN(CC)C(c1ccccc1)c1ccccc1.Cl. The molecule has 2 heteroatoms. The molecule has 2 rings (SSSR count). The van der Waals surface area contributed by atoms with Crippen LogP contribution in [0.3, 0.4) is 0 Å². The average molecular weight is 276 g/mol. The summed E-state index contributed by atoms with van der Waals surface area (Å²) >= 11 is 0. The van der Waals surface area contributed by atoms with E-state index in [4.69, 9.17) is 0 Å². The third-order valence-corrected chi connectivity index (χ3v) is 3.41. The van der Waals surface area contributed by atoms with Crippen molar-refractivity contribution in [3.63, 3.8) is 0 Å². The Morgan fingerprint density at radius 2 is 1.11 bits per heavy atom. The predicted octanol–water partition coefficient (Wildman–Crippen LogP) is 4.54. The van der Waals surface area contributed by atoms with Crippen LogP contribution >= 0.6 is 12.4 Å². The average Bonchev–Trinajstić information content (AvgIpc) is 2.46. The minimum absolute atomic E-state index is 0. The predicted molar refractivity (Wildman–Crippen MR) is 84.9 cm³/mol. The molecule has 0 aliphatic rings. The van der Waals surface area contributed by atoms with Crippen LogP contribution in [-0.2, 0) is 0 Å². The van der Waals surface area contributed by atoms with Crippen molar-refractivity contribution in [3.8, 4) is 0 Å². The molecule has 0 aliphatic heterocycles. The fraction of sp³-hybridized carbons (Fsp3) is 0.294. The third kappa shape index (κ3) is 3.82. The molecule has 0 atom stereocenters. The molecular weight excluding hydrogens is 254 g/mol. The molecule has 2 aromatic carbocycles. The Bertz CT molecular complexity index is 412. The van der Waals surface area contributed by atoms with Gasteiger partial charge in [0.1, 0.15) is 0 Å². The van der Waals surface area contributed by atoms with Gasteiger partial charge in [0.15, 0.2) is 0 Å². The van der Waals surface area contributed by atoms with E-state index >= 15 is 0 Å². The van der Waals surface area contributed by atoms with Crippen molar-refractivity contribution in [3.05, 3.63) is 71.8 Å². The zero-order valence-corrected chi connectivity index (χ0v) is 12.4. The van der Waals surface area contributed by atoms with Gasteiger partial charge in [-0.15, -0.1) is 12.4 Å². The molecule has 2 aromatic rings. The van der Waals surface area contributed by atoms with Gasteiger partial charge in [0.25, 0.3) is 0 Å². The van der Waals surface area contributed by atoms with Crippen LogP contribution in [0.2, 0.25) is 0 Å². The van der Waals surface area contributed by atoms with E-state index in [9.17, 15) is 0 Å². The number of hydrogen-bond donors (Lipinski definition) is 0. The molecule has 0 unspecified atom stereocenters. The summed E-state index contributed by atoms with van der Waals surface area (Å²) in [5.74, 6) is 0. The standard InChI is InChI=1S/C17H21N.ClH/c1-3-18(4-2)17(15-11-7-5-8-12-15)16-13-9-6-10-14-16;/h5-14,17H,3-4H2,1-2H3;1H. The Morgan fingerprint density at radius 1 is 0.737 bits per heavy atom. The first-order valence-electron chi connectivity index (χ1n) is 6.70. The van der Waals surface area contributed by atoms with Crippen molar-refractivity contribution in [2.24, 2.45) is 0 Å². The number of benzene rings is 2. The second-order valence-electron chi connectivity index (χ2n) is 4.45. The Morgan fingerprint density at radius 3 is 1.42 bits per heavy atom. The fourth-order valence-corrected chi connectivity index (χ4v) is 2.47. The topological polar surface area (TPSA) is 3.24 Å². The van der Waals surface area contributed by atoms with Gasteiger partial charge in [0.05, 0.1) is 6.04 Å². The Balaban J connectivity index is 0.00000180. The van der Waals surface area contributed by atoms with Gasteiger partial charge in [0.2, 0.25) is 0 Å². The Hall–Kier alpha value is -1.31. The van der Waals surface area contributed by atoms with Gasteiger partial charge in [-0.3, -0.25) is 4.90 Å². The van der Waals surface area contributed by atoms with Crippen molar-refractivity contribution < 1.29 is 0 Å². The summed E-state index contributed by atoms with van der Waals surface area (Å²) < 4.78 is 0. The van der Waals surface area contributed by atoms with E-state index < -0.39 is 0 Å². The number of halogens is 1. The van der Waals surface area contributed by atoms with E-state index in [1.807, 2.05) is 0 Å². The Kier molecular flexibility index (Phi) is 6.61. The summed E-state index contributed by atoms with van der Waals surface area (Å²) in [6.45, 7) is 6.57. The van der Waals surface area contributed by atoms with Crippen molar-refractivity contribution in [2.75, 3.05) is 13.1 Å². The van der Waals surface area contributed by atoms with Gasteiger partial charge in [-0.05, 0) is 24.2 Å². The van der Waals surface area contributed by atoms with Crippen LogP contribution in [0, 0.1) is 0 Å². The highest BCUT2D eigenvalue weighted by atomic mass is 35.5. The zero-order valence-electron chi connectivity index (χ0n) is 11.6. The lowest BCUT2D eigenvalue weighted by Gasteiger charge is -2.30. The smallest absolute Gasteiger partial charge is 0.0601 e. The minimum atomic E-state index is 0. The molecule has 0 bridgehead atoms. The molecule has 0 N–H and O–H groups in total. The monoisotopic (exact) mass is 275 g/mol. The largest absolute Gasteiger partial charge is 0.293 e. The maximum atomic E-state index is 2.49. The minimum Gasteiger partial charge on any atom is -0.293 e. The first kappa shape index (κ1) is 15.7. The Labute approximate surface area is 122 Å². The zero-order chi connectivity index (χ0) is 12.8. The highest BCUT2D eigenvalue weighted by Crippen LogP contribution is 2.27. The summed E-state index contributed by atoms with van der Waals surface area (Å²) in [5.41, 5.74) is 2.74. The molecule has 0 amide bonds. The highest BCUT2D eigenvalue weighted by molar-refractivity contribution is 5.85. The van der Waals surface area contributed by atoms with Crippen molar-refractivity contribution in [1.29, 1.82) is 0 Å². The lowest BCUT2D eigenvalue weighted by atomic mass is 9.97. The quantitative estimate of drug-likeness (QED) is 0.774. The molecular formula is C17H22ClN. The molecule has 1 nitrogen and oxygen atoms in total. The van der Waals surface area contributed by atoms with Crippen molar-refractivity contribution >= 4 is 12.4 Å². The van der Waals surface area contributed by atoms with Crippen LogP contribution in [0.15, 0.2) is 60.7 Å². The summed E-state index contributed by atoms with van der Waals surface area (Å²) in [6.07, 6.45) is 0. The number of rotatable bonds is 5. The van der Waals surface area contributed by atoms with E-state index in [2.05, 4.69) is 79.4 Å². The van der Waals surface area contributed by atoms with Crippen LogP contribution < -0.4 is 0 Å². The third-order valence-electron chi connectivity index (χ3n) is 3.41. The molecule has 0 aliphatic carbocycles. The summed E-state index contributed by atoms with van der Waals surface area (Å²) in [6, 6.07) is 21.9. The summed E-state index contributed by atoms with van der Waals surface area (Å²) in [7, 11) is 0.